The summed E-state index contributed by atoms with van der Waals surface area (Å²) in [7, 11) is -3.91. The van der Waals surface area contributed by atoms with Crippen LogP contribution in [-0.4, -0.2) is 42.5 Å². The number of benzene rings is 1. The molecule has 1 rings (SSSR count). The molecule has 3 nitrogen and oxygen atoms in total. The van der Waals surface area contributed by atoms with Gasteiger partial charge in [0.25, 0.3) is 10.1 Å². The SMILES string of the molecule is O=S(=O)(O)Cc1ccc(Br)cc1.[Na]. The van der Waals surface area contributed by atoms with Crippen molar-refractivity contribution in [3.8, 4) is 0 Å². The van der Waals surface area contributed by atoms with E-state index in [0.717, 1.165) is 4.47 Å². The molecular weight excluding hydrogens is 267 g/mol. The summed E-state index contributed by atoms with van der Waals surface area (Å²) in [5.74, 6) is -0.333. The fourth-order valence-electron chi connectivity index (χ4n) is 0.791. The van der Waals surface area contributed by atoms with Gasteiger partial charge in [0.2, 0.25) is 0 Å². The molecule has 0 fully saturated rings. The van der Waals surface area contributed by atoms with Crippen LogP contribution in [0.5, 0.6) is 0 Å². The van der Waals surface area contributed by atoms with E-state index >= 15 is 0 Å². The van der Waals surface area contributed by atoms with E-state index in [9.17, 15) is 8.42 Å². The Hall–Kier alpha value is 0.610. The van der Waals surface area contributed by atoms with Crippen LogP contribution in [0.4, 0.5) is 0 Å². The molecular formula is C7H7BrNaO3S. The van der Waals surface area contributed by atoms with Gasteiger partial charge in [0.15, 0.2) is 0 Å². The molecule has 1 N–H and O–H groups in total. The zero-order valence-electron chi connectivity index (χ0n) is 7.07. The maximum atomic E-state index is 10.4. The summed E-state index contributed by atoms with van der Waals surface area (Å²) >= 11 is 3.21. The Morgan fingerprint density at radius 2 is 1.69 bits per heavy atom. The minimum Gasteiger partial charge on any atom is -0.285 e. The molecule has 0 aromatic heterocycles. The largest absolute Gasteiger partial charge is 0.285 e. The van der Waals surface area contributed by atoms with Gasteiger partial charge in [-0.25, -0.2) is 0 Å². The summed E-state index contributed by atoms with van der Waals surface area (Å²) in [6.45, 7) is 0. The summed E-state index contributed by atoms with van der Waals surface area (Å²) in [6, 6.07) is 6.72. The molecule has 0 unspecified atom stereocenters. The van der Waals surface area contributed by atoms with Crippen LogP contribution >= 0.6 is 15.9 Å². The van der Waals surface area contributed by atoms with E-state index in [-0.39, 0.29) is 35.3 Å². The summed E-state index contributed by atoms with van der Waals surface area (Å²) in [5, 5.41) is 0. The van der Waals surface area contributed by atoms with E-state index < -0.39 is 10.1 Å². The third-order valence-electron chi connectivity index (χ3n) is 1.26. The fraction of sp³-hybridized carbons (Fsp3) is 0.143. The molecule has 1 aromatic carbocycles. The van der Waals surface area contributed by atoms with Crippen molar-refractivity contribution >= 4 is 55.6 Å². The zero-order valence-corrected chi connectivity index (χ0v) is 11.5. The van der Waals surface area contributed by atoms with E-state index in [4.69, 9.17) is 4.55 Å². The second-order valence-electron chi connectivity index (χ2n) is 2.35. The Bertz CT molecular complexity index is 360. The first-order valence-electron chi connectivity index (χ1n) is 3.17. The van der Waals surface area contributed by atoms with Gasteiger partial charge in [0.1, 0.15) is 5.75 Å². The first-order chi connectivity index (χ1) is 5.47. The van der Waals surface area contributed by atoms with Crippen LogP contribution < -0.4 is 0 Å². The molecule has 0 saturated heterocycles. The van der Waals surface area contributed by atoms with Gasteiger partial charge in [-0.3, -0.25) is 4.55 Å². The van der Waals surface area contributed by atoms with Crippen LogP contribution in [0.15, 0.2) is 28.7 Å². The molecule has 0 heterocycles. The van der Waals surface area contributed by atoms with Crippen LogP contribution in [-0.2, 0) is 15.9 Å². The predicted octanol–water partition coefficient (Wildman–Crippen LogP) is 1.46. The van der Waals surface area contributed by atoms with Gasteiger partial charge in [0, 0.05) is 34.0 Å². The summed E-state index contributed by atoms with van der Waals surface area (Å²) in [6.07, 6.45) is 0. The van der Waals surface area contributed by atoms with Gasteiger partial charge in [-0.2, -0.15) is 8.42 Å². The molecule has 6 heteroatoms. The Balaban J connectivity index is 0.00000144. The Morgan fingerprint density at radius 1 is 1.23 bits per heavy atom. The molecule has 13 heavy (non-hydrogen) atoms. The topological polar surface area (TPSA) is 54.4 Å². The van der Waals surface area contributed by atoms with Gasteiger partial charge in [-0.1, -0.05) is 28.1 Å². The molecule has 1 aromatic rings. The van der Waals surface area contributed by atoms with Crippen molar-refractivity contribution in [3.05, 3.63) is 34.3 Å². The average molecular weight is 274 g/mol. The zero-order chi connectivity index (χ0) is 9.19. The normalized spacial score (nSPS) is 10.6. The van der Waals surface area contributed by atoms with Crippen LogP contribution in [0.3, 0.4) is 0 Å². The minimum atomic E-state index is -3.91. The molecule has 67 valence electrons. The maximum absolute atomic E-state index is 10.4. The standard InChI is InChI=1S/C7H7BrO3S.Na/c8-7-3-1-6(2-4-7)5-12(9,10)11;/h1-4H,5H2,(H,9,10,11);. The van der Waals surface area contributed by atoms with Gasteiger partial charge in [-0.05, 0) is 17.7 Å². The quantitative estimate of drug-likeness (QED) is 0.656. The first-order valence-corrected chi connectivity index (χ1v) is 5.57. The van der Waals surface area contributed by atoms with Crippen molar-refractivity contribution in [1.82, 2.24) is 0 Å². The number of halogens is 1. The predicted molar refractivity (Wildman–Crippen MR) is 55.1 cm³/mol. The Labute approximate surface area is 108 Å². The van der Waals surface area contributed by atoms with Crippen molar-refractivity contribution < 1.29 is 13.0 Å². The molecule has 0 saturated carbocycles. The van der Waals surface area contributed by atoms with Crippen LogP contribution in [0.25, 0.3) is 0 Å². The molecule has 0 aliphatic carbocycles. The van der Waals surface area contributed by atoms with Crippen LogP contribution in [0.1, 0.15) is 5.56 Å². The van der Waals surface area contributed by atoms with E-state index in [1.807, 2.05) is 0 Å². The molecule has 0 aliphatic heterocycles. The monoisotopic (exact) mass is 273 g/mol. The third-order valence-corrected chi connectivity index (χ3v) is 2.49. The Kier molecular flexibility index (Phi) is 5.74. The number of hydrogen-bond donors (Lipinski definition) is 1. The van der Waals surface area contributed by atoms with Crippen molar-refractivity contribution in [1.29, 1.82) is 0 Å². The van der Waals surface area contributed by atoms with E-state index in [0.29, 0.717) is 5.56 Å². The van der Waals surface area contributed by atoms with E-state index in [1.165, 1.54) is 0 Å². The molecule has 1 radical (unpaired) electrons. The van der Waals surface area contributed by atoms with Gasteiger partial charge in [0.05, 0.1) is 0 Å². The molecule has 0 bridgehead atoms. The second-order valence-corrected chi connectivity index (χ2v) is 4.72. The summed E-state index contributed by atoms with van der Waals surface area (Å²) in [5.41, 5.74) is 0.570. The summed E-state index contributed by atoms with van der Waals surface area (Å²) in [4.78, 5) is 0. The van der Waals surface area contributed by atoms with Gasteiger partial charge >= 0.3 is 0 Å². The van der Waals surface area contributed by atoms with Crippen molar-refractivity contribution in [2.45, 2.75) is 5.75 Å². The van der Waals surface area contributed by atoms with Crippen molar-refractivity contribution in [3.63, 3.8) is 0 Å². The van der Waals surface area contributed by atoms with Gasteiger partial charge in [-0.15, -0.1) is 0 Å². The minimum absolute atomic E-state index is 0. The van der Waals surface area contributed by atoms with Crippen molar-refractivity contribution in [2.24, 2.45) is 0 Å². The first kappa shape index (κ1) is 13.6. The van der Waals surface area contributed by atoms with Crippen molar-refractivity contribution in [2.75, 3.05) is 0 Å². The number of rotatable bonds is 2. The van der Waals surface area contributed by atoms with E-state index in [2.05, 4.69) is 15.9 Å². The molecule has 0 amide bonds. The maximum Gasteiger partial charge on any atom is 0.269 e. The smallest absolute Gasteiger partial charge is 0.269 e. The molecule has 0 aliphatic rings. The Morgan fingerprint density at radius 3 is 2.08 bits per heavy atom. The average Bonchev–Trinajstić information content (AvgIpc) is 1.91. The summed E-state index contributed by atoms with van der Waals surface area (Å²) < 4.78 is 30.2. The van der Waals surface area contributed by atoms with E-state index in [1.54, 1.807) is 24.3 Å². The third kappa shape index (κ3) is 5.83. The molecule has 0 spiro atoms. The van der Waals surface area contributed by atoms with Crippen LogP contribution in [0, 0.1) is 0 Å². The second kappa shape index (κ2) is 5.48. The number of hydrogen-bond acceptors (Lipinski definition) is 2. The molecule has 0 atom stereocenters. The van der Waals surface area contributed by atoms with Crippen LogP contribution in [0.2, 0.25) is 0 Å². The fourth-order valence-corrected chi connectivity index (χ4v) is 1.67. The van der Waals surface area contributed by atoms with Gasteiger partial charge < -0.3 is 0 Å².